The number of nitrogens with zero attached hydrogens (tertiary/aromatic N) is 2. The Morgan fingerprint density at radius 1 is 1.07 bits per heavy atom. The average molecular weight is 561 g/mol. The summed E-state index contributed by atoms with van der Waals surface area (Å²) in [4.78, 5) is 39.8. The van der Waals surface area contributed by atoms with Gasteiger partial charge in [0.05, 0.1) is 12.3 Å². The van der Waals surface area contributed by atoms with Crippen LogP contribution in [0.2, 0.25) is 0 Å². The Bertz CT molecular complexity index is 1410. The molecule has 1 heterocycles. The van der Waals surface area contributed by atoms with E-state index in [9.17, 15) is 14.4 Å². The SMILES string of the molecule is CCOC(=O)COc1cc(NC(=O)C(Oc2cccc(C(N)=NO)c2)c2ccccc2)ccc1N1CCCCC1=O. The number of anilines is 2. The molecule has 1 fully saturated rings. The van der Waals surface area contributed by atoms with Crippen LogP contribution in [-0.4, -0.2) is 48.6 Å². The van der Waals surface area contributed by atoms with E-state index in [4.69, 9.17) is 25.2 Å². The van der Waals surface area contributed by atoms with Gasteiger partial charge in [0.2, 0.25) is 12.0 Å². The van der Waals surface area contributed by atoms with Crippen LogP contribution in [0.25, 0.3) is 0 Å². The molecule has 0 aliphatic carbocycles. The topological polar surface area (TPSA) is 153 Å². The highest BCUT2D eigenvalue weighted by molar-refractivity contribution is 5.99. The number of carbonyl (C=O) groups excluding carboxylic acids is 3. The van der Waals surface area contributed by atoms with Gasteiger partial charge in [-0.25, -0.2) is 4.79 Å². The summed E-state index contributed by atoms with van der Waals surface area (Å²) in [5, 5.41) is 14.9. The molecule has 1 unspecified atom stereocenters. The molecule has 2 amide bonds. The number of carbonyl (C=O) groups is 3. The summed E-state index contributed by atoms with van der Waals surface area (Å²) in [6.45, 7) is 2.07. The highest BCUT2D eigenvalue weighted by atomic mass is 16.6. The van der Waals surface area contributed by atoms with Crippen molar-refractivity contribution in [1.82, 2.24) is 0 Å². The first-order chi connectivity index (χ1) is 19.9. The number of hydrogen-bond acceptors (Lipinski definition) is 8. The lowest BCUT2D eigenvalue weighted by atomic mass is 10.1. The normalized spacial score (nSPS) is 14.2. The van der Waals surface area contributed by atoms with Crippen molar-refractivity contribution in [1.29, 1.82) is 0 Å². The van der Waals surface area contributed by atoms with E-state index in [2.05, 4.69) is 10.5 Å². The molecule has 3 aromatic carbocycles. The van der Waals surface area contributed by atoms with E-state index in [1.165, 1.54) is 0 Å². The molecule has 0 aromatic heterocycles. The molecule has 1 saturated heterocycles. The maximum atomic E-state index is 13.6. The van der Waals surface area contributed by atoms with E-state index < -0.39 is 18.0 Å². The van der Waals surface area contributed by atoms with Gasteiger partial charge in [0, 0.05) is 35.8 Å². The number of benzene rings is 3. The van der Waals surface area contributed by atoms with Crippen LogP contribution in [-0.2, 0) is 19.1 Å². The van der Waals surface area contributed by atoms with Gasteiger partial charge in [0.15, 0.2) is 12.4 Å². The molecule has 3 aromatic rings. The zero-order valence-corrected chi connectivity index (χ0v) is 22.6. The van der Waals surface area contributed by atoms with Crippen LogP contribution in [0, 0.1) is 0 Å². The van der Waals surface area contributed by atoms with Crippen molar-refractivity contribution in [3.63, 3.8) is 0 Å². The van der Waals surface area contributed by atoms with Crippen molar-refractivity contribution >= 4 is 35.0 Å². The molecule has 214 valence electrons. The van der Waals surface area contributed by atoms with Crippen LogP contribution < -0.4 is 25.4 Å². The van der Waals surface area contributed by atoms with Crippen LogP contribution in [0.1, 0.15) is 43.4 Å². The van der Waals surface area contributed by atoms with E-state index in [0.29, 0.717) is 41.2 Å². The van der Waals surface area contributed by atoms with Crippen LogP contribution in [0.15, 0.2) is 78.0 Å². The van der Waals surface area contributed by atoms with Gasteiger partial charge < -0.3 is 35.4 Å². The van der Waals surface area contributed by atoms with Gasteiger partial charge in [-0.05, 0) is 44.0 Å². The standard InChI is InChI=1S/C30H32N4O7/c1-2-39-27(36)19-40-25-18-22(14-15-24(25)34-16-7-6-13-26(34)35)32-30(37)28(20-9-4-3-5-10-20)41-23-12-8-11-21(17-23)29(31)33-38/h3-5,8-12,14-15,17-18,28,38H,2,6-7,13,16,19H2,1H3,(H2,31,33)(H,32,37). The molecule has 0 bridgehead atoms. The smallest absolute Gasteiger partial charge is 0.344 e. The number of oxime groups is 1. The molecule has 0 saturated carbocycles. The number of rotatable bonds is 11. The van der Waals surface area contributed by atoms with E-state index in [-0.39, 0.29) is 30.7 Å². The molecule has 4 rings (SSSR count). The number of piperidine rings is 1. The number of hydrogen-bond donors (Lipinski definition) is 3. The number of nitrogens with one attached hydrogen (secondary N) is 1. The molecule has 4 N–H and O–H groups in total. The van der Waals surface area contributed by atoms with E-state index in [0.717, 1.165) is 12.8 Å². The molecule has 1 aliphatic rings. The lowest BCUT2D eigenvalue weighted by molar-refractivity contribution is -0.145. The zero-order valence-electron chi connectivity index (χ0n) is 22.6. The van der Waals surface area contributed by atoms with Crippen molar-refractivity contribution in [2.24, 2.45) is 10.9 Å². The van der Waals surface area contributed by atoms with Crippen LogP contribution in [0.3, 0.4) is 0 Å². The lowest BCUT2D eigenvalue weighted by Crippen LogP contribution is -2.35. The van der Waals surface area contributed by atoms with Gasteiger partial charge in [-0.15, -0.1) is 0 Å². The lowest BCUT2D eigenvalue weighted by Gasteiger charge is -2.28. The van der Waals surface area contributed by atoms with Gasteiger partial charge in [0.25, 0.3) is 5.91 Å². The minimum atomic E-state index is -1.06. The number of amidine groups is 1. The highest BCUT2D eigenvalue weighted by Gasteiger charge is 2.26. The first-order valence-corrected chi connectivity index (χ1v) is 13.2. The van der Waals surface area contributed by atoms with Gasteiger partial charge in [-0.2, -0.15) is 0 Å². The van der Waals surface area contributed by atoms with Gasteiger partial charge in [-0.1, -0.05) is 47.6 Å². The Balaban J connectivity index is 1.61. The molecule has 41 heavy (non-hydrogen) atoms. The van der Waals surface area contributed by atoms with Gasteiger partial charge >= 0.3 is 5.97 Å². The van der Waals surface area contributed by atoms with E-state index >= 15 is 0 Å². The summed E-state index contributed by atoms with van der Waals surface area (Å²) < 4.78 is 16.8. The van der Waals surface area contributed by atoms with Crippen molar-refractivity contribution in [3.05, 3.63) is 83.9 Å². The first kappa shape index (κ1) is 28.9. The van der Waals surface area contributed by atoms with Crippen LogP contribution in [0.4, 0.5) is 11.4 Å². The Hall–Kier alpha value is -5.06. The predicted octanol–water partition coefficient (Wildman–Crippen LogP) is 4.00. The second-order valence-corrected chi connectivity index (χ2v) is 9.19. The fourth-order valence-electron chi connectivity index (χ4n) is 4.36. The van der Waals surface area contributed by atoms with Crippen molar-refractivity contribution in [2.75, 3.05) is 30.0 Å². The number of esters is 1. The summed E-state index contributed by atoms with van der Waals surface area (Å²) in [5.74, 6) is -0.585. The van der Waals surface area contributed by atoms with Crippen molar-refractivity contribution < 1.29 is 33.8 Å². The number of nitrogens with two attached hydrogens (primary N) is 1. The molecule has 11 nitrogen and oxygen atoms in total. The summed E-state index contributed by atoms with van der Waals surface area (Å²) in [5.41, 5.74) is 7.61. The minimum absolute atomic E-state index is 0.0410. The molecule has 11 heteroatoms. The zero-order chi connectivity index (χ0) is 29.2. The van der Waals surface area contributed by atoms with Gasteiger partial charge in [-0.3, -0.25) is 9.59 Å². The predicted molar refractivity (Wildman–Crippen MR) is 152 cm³/mol. The maximum absolute atomic E-state index is 13.6. The maximum Gasteiger partial charge on any atom is 0.344 e. The highest BCUT2D eigenvalue weighted by Crippen LogP contribution is 2.34. The summed E-state index contributed by atoms with van der Waals surface area (Å²) in [6.07, 6.45) is 1.01. The molecule has 1 aliphatic heterocycles. The summed E-state index contributed by atoms with van der Waals surface area (Å²) in [6, 6.07) is 20.4. The summed E-state index contributed by atoms with van der Waals surface area (Å²) >= 11 is 0. The monoisotopic (exact) mass is 560 g/mol. The van der Waals surface area contributed by atoms with E-state index in [1.807, 2.05) is 6.07 Å². The molecule has 0 spiro atoms. The quantitative estimate of drug-likeness (QED) is 0.105. The third kappa shape index (κ3) is 7.53. The fraction of sp³-hybridized carbons (Fsp3) is 0.267. The van der Waals surface area contributed by atoms with E-state index in [1.54, 1.807) is 78.6 Å². The van der Waals surface area contributed by atoms with Crippen molar-refractivity contribution in [3.8, 4) is 11.5 Å². The fourth-order valence-corrected chi connectivity index (χ4v) is 4.36. The number of ether oxygens (including phenoxy) is 3. The van der Waals surface area contributed by atoms with Crippen LogP contribution >= 0.6 is 0 Å². The molecule has 1 atom stereocenters. The Kier molecular flexibility index (Phi) is 9.76. The largest absolute Gasteiger partial charge is 0.480 e. The Labute approximate surface area is 237 Å². The third-order valence-electron chi connectivity index (χ3n) is 6.32. The average Bonchev–Trinajstić information content (AvgIpc) is 2.99. The molecular weight excluding hydrogens is 528 g/mol. The number of amides is 2. The third-order valence-corrected chi connectivity index (χ3v) is 6.32. The second-order valence-electron chi connectivity index (χ2n) is 9.19. The van der Waals surface area contributed by atoms with Crippen LogP contribution in [0.5, 0.6) is 11.5 Å². The second kappa shape index (κ2) is 13.8. The van der Waals surface area contributed by atoms with Gasteiger partial charge in [0.1, 0.15) is 11.5 Å². The Morgan fingerprint density at radius 3 is 2.61 bits per heavy atom. The Morgan fingerprint density at radius 2 is 1.88 bits per heavy atom. The molecular formula is C30H32N4O7. The molecule has 0 radical (unpaired) electrons. The van der Waals surface area contributed by atoms with Crippen molar-refractivity contribution in [2.45, 2.75) is 32.3 Å². The summed E-state index contributed by atoms with van der Waals surface area (Å²) in [7, 11) is 0. The minimum Gasteiger partial charge on any atom is -0.480 e. The first-order valence-electron chi connectivity index (χ1n) is 13.2.